The number of aryl methyl sites for hydroxylation is 2. The van der Waals surface area contributed by atoms with Gasteiger partial charge in [0.25, 0.3) is 0 Å². The van der Waals surface area contributed by atoms with Gasteiger partial charge in [0, 0.05) is 31.9 Å². The minimum absolute atomic E-state index is 0.731. The number of pyridine rings is 1. The predicted octanol–water partition coefficient (Wildman–Crippen LogP) is 2.10. The molecule has 1 aliphatic heterocycles. The van der Waals surface area contributed by atoms with Gasteiger partial charge in [-0.3, -0.25) is 4.90 Å². The first-order valence-corrected chi connectivity index (χ1v) is 7.01. The SMILES string of the molecule is CCCN1CCN(c2nc(C)cc(C)c2C#N)CC1. The number of nitrogens with zero attached hydrogens (tertiary/aromatic N) is 4. The Hall–Kier alpha value is -1.60. The summed E-state index contributed by atoms with van der Waals surface area (Å²) in [4.78, 5) is 9.32. The van der Waals surface area contributed by atoms with E-state index in [0.717, 1.165) is 48.8 Å². The normalized spacial score (nSPS) is 16.4. The van der Waals surface area contributed by atoms with E-state index in [1.54, 1.807) is 0 Å². The molecule has 2 rings (SSSR count). The van der Waals surface area contributed by atoms with Crippen molar-refractivity contribution in [2.75, 3.05) is 37.6 Å². The Kier molecular flexibility index (Phi) is 4.39. The molecule has 0 unspecified atom stereocenters. The molecule has 1 fully saturated rings. The monoisotopic (exact) mass is 258 g/mol. The second-order valence-electron chi connectivity index (χ2n) is 5.22. The van der Waals surface area contributed by atoms with E-state index < -0.39 is 0 Å². The Bertz CT molecular complexity index is 482. The molecular formula is C15H22N4. The highest BCUT2D eigenvalue weighted by molar-refractivity contribution is 5.58. The minimum atomic E-state index is 0.731. The third-order valence-corrected chi connectivity index (χ3v) is 3.65. The van der Waals surface area contributed by atoms with E-state index in [1.807, 2.05) is 19.9 Å². The third-order valence-electron chi connectivity index (χ3n) is 3.65. The van der Waals surface area contributed by atoms with Crippen molar-refractivity contribution in [2.45, 2.75) is 27.2 Å². The molecule has 4 nitrogen and oxygen atoms in total. The van der Waals surface area contributed by atoms with Crippen LogP contribution < -0.4 is 4.90 Å². The highest BCUT2D eigenvalue weighted by atomic mass is 15.3. The van der Waals surface area contributed by atoms with Gasteiger partial charge in [0.05, 0.1) is 5.56 Å². The van der Waals surface area contributed by atoms with Crippen LogP contribution in [0.4, 0.5) is 5.82 Å². The Balaban J connectivity index is 2.18. The van der Waals surface area contributed by atoms with Crippen LogP contribution in [0.3, 0.4) is 0 Å². The highest BCUT2D eigenvalue weighted by Crippen LogP contribution is 2.22. The van der Waals surface area contributed by atoms with Gasteiger partial charge in [-0.05, 0) is 38.4 Å². The molecule has 4 heteroatoms. The van der Waals surface area contributed by atoms with Gasteiger partial charge >= 0.3 is 0 Å². The summed E-state index contributed by atoms with van der Waals surface area (Å²) in [5, 5.41) is 9.33. The van der Waals surface area contributed by atoms with Gasteiger partial charge in [-0.1, -0.05) is 6.92 Å². The van der Waals surface area contributed by atoms with Gasteiger partial charge in [-0.2, -0.15) is 5.26 Å². The zero-order valence-corrected chi connectivity index (χ0v) is 12.1. The van der Waals surface area contributed by atoms with Crippen molar-refractivity contribution >= 4 is 5.82 Å². The average molecular weight is 258 g/mol. The molecule has 0 aliphatic carbocycles. The minimum Gasteiger partial charge on any atom is -0.353 e. The van der Waals surface area contributed by atoms with Crippen molar-refractivity contribution in [2.24, 2.45) is 0 Å². The van der Waals surface area contributed by atoms with Crippen LogP contribution in [0.5, 0.6) is 0 Å². The number of rotatable bonds is 3. The molecule has 1 saturated heterocycles. The van der Waals surface area contributed by atoms with E-state index in [9.17, 15) is 5.26 Å². The number of hydrogen-bond acceptors (Lipinski definition) is 4. The zero-order chi connectivity index (χ0) is 13.8. The summed E-state index contributed by atoms with van der Waals surface area (Å²) in [5.41, 5.74) is 2.75. The molecule has 0 N–H and O–H groups in total. The van der Waals surface area contributed by atoms with Crippen LogP contribution in [-0.4, -0.2) is 42.6 Å². The second kappa shape index (κ2) is 6.03. The van der Waals surface area contributed by atoms with Crippen LogP contribution in [-0.2, 0) is 0 Å². The van der Waals surface area contributed by atoms with Crippen molar-refractivity contribution in [3.05, 3.63) is 22.9 Å². The van der Waals surface area contributed by atoms with E-state index >= 15 is 0 Å². The van der Waals surface area contributed by atoms with Crippen LogP contribution in [0.2, 0.25) is 0 Å². The number of hydrogen-bond donors (Lipinski definition) is 0. The first-order valence-electron chi connectivity index (χ1n) is 7.01. The quantitative estimate of drug-likeness (QED) is 0.833. The fourth-order valence-corrected chi connectivity index (χ4v) is 2.68. The molecule has 1 aliphatic rings. The van der Waals surface area contributed by atoms with Crippen LogP contribution in [0.15, 0.2) is 6.07 Å². The predicted molar refractivity (Wildman–Crippen MR) is 77.4 cm³/mol. The number of aromatic nitrogens is 1. The lowest BCUT2D eigenvalue weighted by atomic mass is 10.1. The molecule has 0 amide bonds. The van der Waals surface area contributed by atoms with Gasteiger partial charge < -0.3 is 4.90 Å². The lowest BCUT2D eigenvalue weighted by Crippen LogP contribution is -2.47. The van der Waals surface area contributed by atoms with Crippen molar-refractivity contribution in [3.8, 4) is 6.07 Å². The first-order chi connectivity index (χ1) is 9.15. The van der Waals surface area contributed by atoms with E-state index in [1.165, 1.54) is 13.0 Å². The maximum absolute atomic E-state index is 9.33. The molecule has 0 radical (unpaired) electrons. The van der Waals surface area contributed by atoms with Crippen LogP contribution >= 0.6 is 0 Å². The van der Waals surface area contributed by atoms with Crippen LogP contribution in [0.25, 0.3) is 0 Å². The van der Waals surface area contributed by atoms with Crippen LogP contribution in [0.1, 0.15) is 30.2 Å². The molecule has 0 spiro atoms. The van der Waals surface area contributed by atoms with Gasteiger partial charge in [0.2, 0.25) is 0 Å². The van der Waals surface area contributed by atoms with Gasteiger partial charge in [0.15, 0.2) is 0 Å². The molecule has 1 aromatic rings. The summed E-state index contributed by atoms with van der Waals surface area (Å²) in [7, 11) is 0. The van der Waals surface area contributed by atoms with Gasteiger partial charge in [-0.25, -0.2) is 4.98 Å². The molecule has 0 saturated carbocycles. The Morgan fingerprint density at radius 3 is 2.53 bits per heavy atom. The lowest BCUT2D eigenvalue weighted by molar-refractivity contribution is 0.258. The molecular weight excluding hydrogens is 236 g/mol. The number of nitriles is 1. The molecule has 102 valence electrons. The summed E-state index contributed by atoms with van der Waals surface area (Å²) >= 11 is 0. The fourth-order valence-electron chi connectivity index (χ4n) is 2.68. The highest BCUT2D eigenvalue weighted by Gasteiger charge is 2.21. The van der Waals surface area contributed by atoms with Gasteiger partial charge in [0.1, 0.15) is 11.9 Å². The standard InChI is InChI=1S/C15H22N4/c1-4-5-18-6-8-19(9-7-18)15-14(11-16)12(2)10-13(3)17-15/h10H,4-9H2,1-3H3. The summed E-state index contributed by atoms with van der Waals surface area (Å²) in [6, 6.07) is 4.29. The molecule has 1 aromatic heterocycles. The summed E-state index contributed by atoms with van der Waals surface area (Å²) < 4.78 is 0. The van der Waals surface area contributed by atoms with E-state index in [-0.39, 0.29) is 0 Å². The van der Waals surface area contributed by atoms with Crippen molar-refractivity contribution in [1.29, 1.82) is 5.26 Å². The lowest BCUT2D eigenvalue weighted by Gasteiger charge is -2.35. The molecule has 19 heavy (non-hydrogen) atoms. The van der Waals surface area contributed by atoms with Gasteiger partial charge in [-0.15, -0.1) is 0 Å². The van der Waals surface area contributed by atoms with Crippen molar-refractivity contribution < 1.29 is 0 Å². The van der Waals surface area contributed by atoms with E-state index in [2.05, 4.69) is 27.8 Å². The Morgan fingerprint density at radius 1 is 1.26 bits per heavy atom. The summed E-state index contributed by atoms with van der Waals surface area (Å²) in [6.07, 6.45) is 1.20. The molecule has 2 heterocycles. The average Bonchev–Trinajstić information content (AvgIpc) is 2.39. The second-order valence-corrected chi connectivity index (χ2v) is 5.22. The fraction of sp³-hybridized carbons (Fsp3) is 0.600. The maximum Gasteiger partial charge on any atom is 0.147 e. The topological polar surface area (TPSA) is 43.2 Å². The van der Waals surface area contributed by atoms with E-state index in [0.29, 0.717) is 0 Å². The number of piperazine rings is 1. The van der Waals surface area contributed by atoms with Crippen molar-refractivity contribution in [3.63, 3.8) is 0 Å². The third kappa shape index (κ3) is 3.05. The first kappa shape index (κ1) is 13.8. The van der Waals surface area contributed by atoms with Crippen LogP contribution in [0, 0.1) is 25.2 Å². The molecule has 0 aromatic carbocycles. The molecule has 0 atom stereocenters. The Labute approximate surface area is 115 Å². The largest absolute Gasteiger partial charge is 0.353 e. The Morgan fingerprint density at radius 2 is 1.95 bits per heavy atom. The molecule has 0 bridgehead atoms. The smallest absolute Gasteiger partial charge is 0.147 e. The maximum atomic E-state index is 9.33. The summed E-state index contributed by atoms with van der Waals surface area (Å²) in [6.45, 7) is 11.4. The van der Waals surface area contributed by atoms with Crippen molar-refractivity contribution in [1.82, 2.24) is 9.88 Å². The summed E-state index contributed by atoms with van der Waals surface area (Å²) in [5.74, 6) is 0.871. The number of anilines is 1. The zero-order valence-electron chi connectivity index (χ0n) is 12.1. The van der Waals surface area contributed by atoms with E-state index in [4.69, 9.17) is 0 Å².